The fourth-order valence-corrected chi connectivity index (χ4v) is 3.86. The zero-order valence-corrected chi connectivity index (χ0v) is 15.6. The maximum Gasteiger partial charge on any atom is 0.321 e. The number of nitrogens with zero attached hydrogens (tertiary/aromatic N) is 1. The molecule has 2 aromatic carbocycles. The van der Waals surface area contributed by atoms with Crippen molar-refractivity contribution in [2.75, 3.05) is 18.4 Å². The molecule has 2 atom stereocenters. The summed E-state index contributed by atoms with van der Waals surface area (Å²) in [4.78, 5) is 26.6. The second-order valence-electron chi connectivity index (χ2n) is 7.54. The topological polar surface area (TPSA) is 61.4 Å². The molecular weight excluding hydrogens is 357 g/mol. The molecule has 2 aromatic rings. The summed E-state index contributed by atoms with van der Waals surface area (Å²) in [6, 6.07) is 16.0. The van der Waals surface area contributed by atoms with Crippen LogP contribution in [0.3, 0.4) is 0 Å². The quantitative estimate of drug-likeness (QED) is 0.848. The van der Waals surface area contributed by atoms with Gasteiger partial charge in [-0.25, -0.2) is 9.18 Å². The summed E-state index contributed by atoms with van der Waals surface area (Å²) < 4.78 is 13.9. The fraction of sp³-hybridized carbons (Fsp3) is 0.364. The van der Waals surface area contributed by atoms with Gasteiger partial charge in [-0.2, -0.15) is 0 Å². The summed E-state index contributed by atoms with van der Waals surface area (Å²) >= 11 is 0. The van der Waals surface area contributed by atoms with Crippen molar-refractivity contribution < 1.29 is 14.0 Å². The number of piperidine rings is 1. The van der Waals surface area contributed by atoms with E-state index in [4.69, 9.17) is 0 Å². The van der Waals surface area contributed by atoms with Crippen LogP contribution in [0.15, 0.2) is 54.6 Å². The monoisotopic (exact) mass is 381 g/mol. The molecule has 28 heavy (non-hydrogen) atoms. The van der Waals surface area contributed by atoms with Gasteiger partial charge in [0, 0.05) is 30.7 Å². The Morgan fingerprint density at radius 2 is 1.64 bits per heavy atom. The van der Waals surface area contributed by atoms with Crippen molar-refractivity contribution in [1.29, 1.82) is 0 Å². The first-order valence-corrected chi connectivity index (χ1v) is 9.77. The number of rotatable bonds is 4. The van der Waals surface area contributed by atoms with Gasteiger partial charge in [-0.05, 0) is 48.9 Å². The summed E-state index contributed by atoms with van der Waals surface area (Å²) in [6.07, 6.45) is 2.15. The molecule has 6 heteroatoms. The molecule has 1 aliphatic carbocycles. The van der Waals surface area contributed by atoms with E-state index in [0.717, 1.165) is 18.5 Å². The van der Waals surface area contributed by atoms with Crippen molar-refractivity contribution >= 4 is 17.6 Å². The van der Waals surface area contributed by atoms with Crippen molar-refractivity contribution in [3.05, 3.63) is 66.0 Å². The molecule has 3 amide bonds. The van der Waals surface area contributed by atoms with Gasteiger partial charge in [0.15, 0.2) is 0 Å². The highest BCUT2D eigenvalue weighted by molar-refractivity contribution is 5.89. The minimum atomic E-state index is -0.236. The van der Waals surface area contributed by atoms with E-state index in [1.165, 1.54) is 6.07 Å². The second-order valence-corrected chi connectivity index (χ2v) is 7.54. The van der Waals surface area contributed by atoms with Crippen molar-refractivity contribution in [3.8, 4) is 0 Å². The predicted molar refractivity (Wildman–Crippen MR) is 105 cm³/mol. The molecule has 0 aromatic heterocycles. The van der Waals surface area contributed by atoms with E-state index in [1.54, 1.807) is 17.0 Å². The van der Waals surface area contributed by atoms with E-state index in [9.17, 15) is 14.0 Å². The summed E-state index contributed by atoms with van der Waals surface area (Å²) in [5.41, 5.74) is 1.41. The Hall–Kier alpha value is -2.89. The number of hydrogen-bond acceptors (Lipinski definition) is 2. The van der Waals surface area contributed by atoms with E-state index < -0.39 is 0 Å². The largest absolute Gasteiger partial charge is 0.353 e. The van der Waals surface area contributed by atoms with Gasteiger partial charge in [0.05, 0.1) is 0 Å². The zero-order chi connectivity index (χ0) is 19.5. The minimum Gasteiger partial charge on any atom is -0.353 e. The van der Waals surface area contributed by atoms with Crippen molar-refractivity contribution in [2.45, 2.75) is 31.2 Å². The second kappa shape index (κ2) is 8.00. The number of carbonyl (C=O) groups excluding carboxylic acids is 2. The molecule has 146 valence electrons. The van der Waals surface area contributed by atoms with E-state index in [0.29, 0.717) is 25.1 Å². The van der Waals surface area contributed by atoms with Gasteiger partial charge in [0.1, 0.15) is 5.82 Å². The first-order chi connectivity index (χ1) is 13.6. The molecule has 1 aliphatic heterocycles. The van der Waals surface area contributed by atoms with Crippen molar-refractivity contribution in [2.24, 2.45) is 5.92 Å². The van der Waals surface area contributed by atoms with Gasteiger partial charge in [0.25, 0.3) is 0 Å². The maximum absolute atomic E-state index is 13.9. The van der Waals surface area contributed by atoms with Crippen LogP contribution < -0.4 is 10.6 Å². The molecule has 2 fully saturated rings. The first-order valence-electron chi connectivity index (χ1n) is 9.77. The molecule has 0 radical (unpaired) electrons. The third kappa shape index (κ3) is 4.16. The van der Waals surface area contributed by atoms with Crippen LogP contribution in [-0.4, -0.2) is 36.0 Å². The van der Waals surface area contributed by atoms with E-state index in [-0.39, 0.29) is 35.6 Å². The van der Waals surface area contributed by atoms with E-state index >= 15 is 0 Å². The van der Waals surface area contributed by atoms with E-state index in [1.807, 2.05) is 36.4 Å². The number of benzene rings is 2. The molecule has 1 saturated carbocycles. The number of urea groups is 1. The molecule has 2 aliphatic rings. The minimum absolute atomic E-state index is 0.000408. The van der Waals surface area contributed by atoms with Crippen LogP contribution in [0.5, 0.6) is 0 Å². The molecule has 1 heterocycles. The lowest BCUT2D eigenvalue weighted by atomic mass is 10.0. The first kappa shape index (κ1) is 18.5. The Balaban J connectivity index is 1.23. The number of para-hydroxylation sites is 1. The molecule has 1 saturated heterocycles. The van der Waals surface area contributed by atoms with Crippen molar-refractivity contribution in [1.82, 2.24) is 10.2 Å². The number of nitrogens with one attached hydrogen (secondary N) is 2. The van der Waals surface area contributed by atoms with Crippen LogP contribution in [0.2, 0.25) is 0 Å². The van der Waals surface area contributed by atoms with Crippen LogP contribution in [0.25, 0.3) is 0 Å². The van der Waals surface area contributed by atoms with Crippen LogP contribution in [0.4, 0.5) is 14.9 Å². The highest BCUT2D eigenvalue weighted by Crippen LogP contribution is 2.48. The lowest BCUT2D eigenvalue weighted by Crippen LogP contribution is -2.48. The smallest absolute Gasteiger partial charge is 0.321 e. The summed E-state index contributed by atoms with van der Waals surface area (Å²) in [5, 5.41) is 5.98. The fourth-order valence-electron chi connectivity index (χ4n) is 3.86. The number of halogens is 1. The van der Waals surface area contributed by atoms with Crippen LogP contribution in [-0.2, 0) is 4.79 Å². The van der Waals surface area contributed by atoms with Gasteiger partial charge < -0.3 is 15.5 Å². The normalized spacial score (nSPS) is 21.8. The molecule has 5 nitrogen and oxygen atoms in total. The van der Waals surface area contributed by atoms with Gasteiger partial charge >= 0.3 is 6.03 Å². The highest BCUT2D eigenvalue weighted by atomic mass is 19.1. The lowest BCUT2D eigenvalue weighted by Gasteiger charge is -2.32. The van der Waals surface area contributed by atoms with Gasteiger partial charge in [-0.3, -0.25) is 4.79 Å². The Morgan fingerprint density at radius 1 is 0.964 bits per heavy atom. The Morgan fingerprint density at radius 3 is 2.36 bits per heavy atom. The van der Waals surface area contributed by atoms with Crippen LogP contribution >= 0.6 is 0 Å². The third-order valence-corrected chi connectivity index (χ3v) is 5.59. The van der Waals surface area contributed by atoms with E-state index in [2.05, 4.69) is 10.6 Å². The average Bonchev–Trinajstić information content (AvgIpc) is 3.50. The maximum atomic E-state index is 13.9. The molecular formula is C22H24FN3O2. The van der Waals surface area contributed by atoms with Gasteiger partial charge in [0.2, 0.25) is 5.91 Å². The zero-order valence-electron chi connectivity index (χ0n) is 15.6. The highest BCUT2D eigenvalue weighted by Gasteiger charge is 2.45. The summed E-state index contributed by atoms with van der Waals surface area (Å²) in [7, 11) is 0. The van der Waals surface area contributed by atoms with Gasteiger partial charge in [-0.1, -0.05) is 36.4 Å². The Kier molecular flexibility index (Phi) is 5.28. The SMILES string of the molecule is O=C(NC1CCN(C(=O)Nc2ccccc2)CC1)C1CC1c1ccccc1F. The van der Waals surface area contributed by atoms with Crippen molar-refractivity contribution in [3.63, 3.8) is 0 Å². The van der Waals surface area contributed by atoms with Crippen LogP contribution in [0, 0.1) is 11.7 Å². The molecule has 2 N–H and O–H groups in total. The van der Waals surface area contributed by atoms with Crippen LogP contribution in [0.1, 0.15) is 30.7 Å². The summed E-state index contributed by atoms with van der Waals surface area (Å²) in [6.45, 7) is 1.20. The average molecular weight is 381 g/mol. The number of likely N-dealkylation sites (tertiary alicyclic amines) is 1. The Bertz CT molecular complexity index is 850. The molecule has 0 spiro atoms. The molecule has 4 rings (SSSR count). The summed E-state index contributed by atoms with van der Waals surface area (Å²) in [5.74, 6) is -0.393. The standard InChI is InChI=1S/C22H24FN3O2/c23-20-9-5-4-8-17(20)18-14-19(18)21(27)24-16-10-12-26(13-11-16)22(28)25-15-6-2-1-3-7-15/h1-9,16,18-19H,10-14H2,(H,24,27)(H,25,28). The molecule has 2 unspecified atom stereocenters. The number of carbonyl (C=O) groups is 2. The lowest BCUT2D eigenvalue weighted by molar-refractivity contribution is -0.123. The Labute approximate surface area is 163 Å². The van der Waals surface area contributed by atoms with Gasteiger partial charge in [-0.15, -0.1) is 0 Å². The number of amides is 3. The number of hydrogen-bond donors (Lipinski definition) is 2. The third-order valence-electron chi connectivity index (χ3n) is 5.59. The predicted octanol–water partition coefficient (Wildman–Crippen LogP) is 3.74. The number of anilines is 1. The molecule has 0 bridgehead atoms.